The standard InChI is InChI=1S/C29H25N5O2/c1-19-24-25(21-13-15-23(35-2)16-14-21)26-27(30)33(17-20-9-5-3-6-10-20)18-31-28(26)36-29(24)34(32-19)22-11-7-4-8-12-22/h3-16,18,25,30H,17H2,1-2H3/t25-/m1/s1. The molecule has 36 heavy (non-hydrogen) atoms. The highest BCUT2D eigenvalue weighted by Gasteiger charge is 2.37. The summed E-state index contributed by atoms with van der Waals surface area (Å²) in [5, 5.41) is 14.1. The molecular weight excluding hydrogens is 450 g/mol. The molecule has 5 aromatic rings. The third-order valence-electron chi connectivity index (χ3n) is 6.57. The van der Waals surface area contributed by atoms with Gasteiger partial charge in [0.25, 0.3) is 0 Å². The van der Waals surface area contributed by atoms with Gasteiger partial charge in [0.1, 0.15) is 17.6 Å². The van der Waals surface area contributed by atoms with Gasteiger partial charge in [-0.2, -0.15) is 5.10 Å². The van der Waals surface area contributed by atoms with Crippen molar-refractivity contribution >= 4 is 0 Å². The molecule has 0 radical (unpaired) electrons. The van der Waals surface area contributed by atoms with Gasteiger partial charge < -0.3 is 14.0 Å². The Kier molecular flexibility index (Phi) is 5.37. The number of nitrogens with one attached hydrogen (secondary N) is 1. The van der Waals surface area contributed by atoms with Crippen molar-refractivity contribution in [1.29, 1.82) is 5.41 Å². The van der Waals surface area contributed by atoms with Gasteiger partial charge in [-0.1, -0.05) is 60.7 Å². The molecule has 178 valence electrons. The van der Waals surface area contributed by atoms with E-state index < -0.39 is 0 Å². The predicted molar refractivity (Wildman–Crippen MR) is 136 cm³/mol. The second-order valence-electron chi connectivity index (χ2n) is 8.79. The van der Waals surface area contributed by atoms with Crippen LogP contribution >= 0.6 is 0 Å². The maximum Gasteiger partial charge on any atom is 0.230 e. The van der Waals surface area contributed by atoms with Gasteiger partial charge in [-0.25, -0.2) is 9.67 Å². The minimum absolute atomic E-state index is 0.268. The van der Waals surface area contributed by atoms with Crippen molar-refractivity contribution in [3.8, 4) is 23.2 Å². The number of hydrogen-bond acceptors (Lipinski definition) is 5. The fourth-order valence-electron chi connectivity index (χ4n) is 4.81. The van der Waals surface area contributed by atoms with Crippen LogP contribution in [0.5, 0.6) is 17.5 Å². The lowest BCUT2D eigenvalue weighted by atomic mass is 9.84. The van der Waals surface area contributed by atoms with Crippen LogP contribution < -0.4 is 15.0 Å². The first-order valence-electron chi connectivity index (χ1n) is 11.8. The van der Waals surface area contributed by atoms with Gasteiger partial charge in [0.15, 0.2) is 0 Å². The first kappa shape index (κ1) is 21.9. The fraction of sp³-hybridized carbons (Fsp3) is 0.138. The lowest BCUT2D eigenvalue weighted by Gasteiger charge is -2.27. The Morgan fingerprint density at radius 1 is 0.917 bits per heavy atom. The highest BCUT2D eigenvalue weighted by molar-refractivity contribution is 5.57. The Labute approximate surface area is 208 Å². The molecule has 0 spiro atoms. The Balaban J connectivity index is 1.55. The summed E-state index contributed by atoms with van der Waals surface area (Å²) in [7, 11) is 1.66. The van der Waals surface area contributed by atoms with Gasteiger partial charge >= 0.3 is 0 Å². The Hall–Kier alpha value is -4.65. The average Bonchev–Trinajstić information content (AvgIpc) is 3.26. The number of hydrogen-bond donors (Lipinski definition) is 1. The van der Waals surface area contributed by atoms with E-state index in [4.69, 9.17) is 14.6 Å². The number of rotatable bonds is 5. The number of fused-ring (bicyclic) bond motifs is 2. The summed E-state index contributed by atoms with van der Waals surface area (Å²) in [4.78, 5) is 4.68. The second-order valence-corrected chi connectivity index (χ2v) is 8.79. The molecule has 1 atom stereocenters. The number of nitrogens with zero attached hydrogens (tertiary/aromatic N) is 4. The number of aryl methyl sites for hydroxylation is 1. The first-order valence-corrected chi connectivity index (χ1v) is 11.8. The van der Waals surface area contributed by atoms with Crippen molar-refractivity contribution < 1.29 is 9.47 Å². The van der Waals surface area contributed by atoms with Gasteiger partial charge in [-0.05, 0) is 42.3 Å². The molecule has 0 saturated carbocycles. The topological polar surface area (TPSA) is 78.0 Å². The number of benzene rings is 3. The summed E-state index contributed by atoms with van der Waals surface area (Å²) in [5.41, 5.74) is 5.89. The van der Waals surface area contributed by atoms with Crippen LogP contribution in [0.3, 0.4) is 0 Å². The van der Waals surface area contributed by atoms with E-state index >= 15 is 0 Å². The van der Waals surface area contributed by atoms with E-state index in [0.29, 0.717) is 23.8 Å². The van der Waals surface area contributed by atoms with Crippen LogP contribution in [0.1, 0.15) is 33.9 Å². The Morgan fingerprint density at radius 3 is 2.31 bits per heavy atom. The van der Waals surface area contributed by atoms with Gasteiger partial charge in [-0.15, -0.1) is 0 Å². The average molecular weight is 476 g/mol. The van der Waals surface area contributed by atoms with E-state index in [1.807, 2.05) is 89.0 Å². The smallest absolute Gasteiger partial charge is 0.230 e. The first-order chi connectivity index (χ1) is 17.6. The van der Waals surface area contributed by atoms with Gasteiger partial charge in [-0.3, -0.25) is 5.41 Å². The summed E-state index contributed by atoms with van der Waals surface area (Å²) in [6.45, 7) is 2.53. The Morgan fingerprint density at radius 2 is 1.61 bits per heavy atom. The fourth-order valence-corrected chi connectivity index (χ4v) is 4.81. The maximum atomic E-state index is 9.21. The lowest BCUT2D eigenvalue weighted by Crippen LogP contribution is -2.30. The summed E-state index contributed by atoms with van der Waals surface area (Å²) < 4.78 is 15.5. The van der Waals surface area contributed by atoms with E-state index in [-0.39, 0.29) is 5.92 Å². The molecule has 1 N–H and O–H groups in total. The zero-order valence-electron chi connectivity index (χ0n) is 20.1. The Bertz CT molecular complexity index is 1590. The van der Waals surface area contributed by atoms with Crippen molar-refractivity contribution in [1.82, 2.24) is 19.3 Å². The highest BCUT2D eigenvalue weighted by atomic mass is 16.5. The normalized spacial score (nSPS) is 14.0. The largest absolute Gasteiger partial charge is 0.497 e. The van der Waals surface area contributed by atoms with Crippen LogP contribution in [0.4, 0.5) is 0 Å². The quantitative estimate of drug-likeness (QED) is 0.372. The molecule has 7 heteroatoms. The molecule has 0 amide bonds. The van der Waals surface area contributed by atoms with E-state index in [9.17, 15) is 5.41 Å². The number of aromatic nitrogens is 4. The molecule has 3 heterocycles. The van der Waals surface area contributed by atoms with Crippen molar-refractivity contribution in [2.75, 3.05) is 7.11 Å². The van der Waals surface area contributed by atoms with Crippen LogP contribution in [0.15, 0.2) is 91.3 Å². The molecule has 3 aromatic carbocycles. The van der Waals surface area contributed by atoms with Crippen LogP contribution in [0.25, 0.3) is 5.69 Å². The monoisotopic (exact) mass is 475 g/mol. The van der Waals surface area contributed by atoms with Crippen LogP contribution in [-0.4, -0.2) is 26.4 Å². The molecule has 2 aromatic heterocycles. The highest BCUT2D eigenvalue weighted by Crippen LogP contribution is 2.47. The molecule has 1 aliphatic heterocycles. The molecule has 0 saturated heterocycles. The van der Waals surface area contributed by atoms with Crippen molar-refractivity contribution in [3.05, 3.63) is 125 Å². The zero-order chi connectivity index (χ0) is 24.6. The minimum atomic E-state index is -0.268. The van der Waals surface area contributed by atoms with Crippen LogP contribution in [0, 0.1) is 12.3 Å². The maximum absolute atomic E-state index is 9.21. The minimum Gasteiger partial charge on any atom is -0.497 e. The van der Waals surface area contributed by atoms with Crippen molar-refractivity contribution in [2.24, 2.45) is 0 Å². The molecular formula is C29H25N5O2. The number of methoxy groups -OCH3 is 1. The third kappa shape index (κ3) is 3.65. The third-order valence-corrected chi connectivity index (χ3v) is 6.57. The van der Waals surface area contributed by atoms with Gasteiger partial charge in [0.05, 0.1) is 42.1 Å². The molecule has 0 unspecified atom stereocenters. The molecule has 7 nitrogen and oxygen atoms in total. The summed E-state index contributed by atoms with van der Waals surface area (Å²) in [6.07, 6.45) is 1.68. The molecule has 0 aliphatic carbocycles. The van der Waals surface area contributed by atoms with Gasteiger partial charge in [0, 0.05) is 0 Å². The summed E-state index contributed by atoms with van der Waals surface area (Å²) >= 11 is 0. The van der Waals surface area contributed by atoms with Crippen LogP contribution in [-0.2, 0) is 6.54 Å². The predicted octanol–water partition coefficient (Wildman–Crippen LogP) is 5.20. The van der Waals surface area contributed by atoms with Gasteiger partial charge in [0.2, 0.25) is 11.8 Å². The van der Waals surface area contributed by atoms with E-state index in [2.05, 4.69) is 17.1 Å². The second kappa shape index (κ2) is 8.85. The molecule has 1 aliphatic rings. The summed E-state index contributed by atoms with van der Waals surface area (Å²) in [5.74, 6) is 1.56. The molecule has 0 bridgehead atoms. The lowest BCUT2D eigenvalue weighted by molar-refractivity contribution is 0.395. The zero-order valence-corrected chi connectivity index (χ0v) is 20.1. The van der Waals surface area contributed by atoms with E-state index in [1.54, 1.807) is 13.4 Å². The molecule has 6 rings (SSSR count). The van der Waals surface area contributed by atoms with E-state index in [0.717, 1.165) is 39.4 Å². The molecule has 0 fully saturated rings. The van der Waals surface area contributed by atoms with Crippen LogP contribution in [0.2, 0.25) is 0 Å². The number of para-hydroxylation sites is 1. The number of ether oxygens (including phenoxy) is 2. The van der Waals surface area contributed by atoms with E-state index in [1.165, 1.54) is 0 Å². The SMILES string of the molecule is COc1ccc([C@@H]2c3c(C)nn(-c4ccccc4)c3Oc3ncn(Cc4ccccc4)c(=N)c32)cc1. The van der Waals surface area contributed by atoms with Crippen molar-refractivity contribution in [3.63, 3.8) is 0 Å². The van der Waals surface area contributed by atoms with Crippen molar-refractivity contribution in [2.45, 2.75) is 19.4 Å². The summed E-state index contributed by atoms with van der Waals surface area (Å²) in [6, 6.07) is 28.0.